The molecular formula is C15H23FN2O2. The van der Waals surface area contributed by atoms with E-state index in [9.17, 15) is 4.39 Å². The molecule has 0 bridgehead atoms. The first-order chi connectivity index (χ1) is 9.76. The standard InChI is InChI=1S/C15H23FN2O2/c1-20-15-5-4-12(11-13(15)16)14(3-2-10-19)18-8-6-17-7-9-18/h4-5,11,14,17,19H,2-3,6-10H2,1H3/t14-/m0/s1. The van der Waals surface area contributed by atoms with Crippen molar-refractivity contribution in [3.05, 3.63) is 29.6 Å². The summed E-state index contributed by atoms with van der Waals surface area (Å²) in [5.74, 6) is -0.0518. The molecule has 2 N–H and O–H groups in total. The number of benzene rings is 1. The van der Waals surface area contributed by atoms with Crippen LogP contribution in [-0.4, -0.2) is 49.9 Å². The number of hydrogen-bond acceptors (Lipinski definition) is 4. The molecule has 1 aromatic carbocycles. The Balaban J connectivity index is 2.18. The topological polar surface area (TPSA) is 44.7 Å². The van der Waals surface area contributed by atoms with E-state index in [4.69, 9.17) is 9.84 Å². The van der Waals surface area contributed by atoms with Gasteiger partial charge in [0.2, 0.25) is 0 Å². The smallest absolute Gasteiger partial charge is 0.165 e. The van der Waals surface area contributed by atoms with Crippen molar-refractivity contribution in [1.29, 1.82) is 0 Å². The van der Waals surface area contributed by atoms with Gasteiger partial charge in [-0.1, -0.05) is 6.07 Å². The Morgan fingerprint density at radius 3 is 2.75 bits per heavy atom. The van der Waals surface area contributed by atoms with Gasteiger partial charge in [-0.15, -0.1) is 0 Å². The molecule has 1 saturated heterocycles. The minimum Gasteiger partial charge on any atom is -0.494 e. The van der Waals surface area contributed by atoms with Gasteiger partial charge >= 0.3 is 0 Å². The van der Waals surface area contributed by atoms with Crippen LogP contribution in [0.15, 0.2) is 18.2 Å². The lowest BCUT2D eigenvalue weighted by molar-refractivity contribution is 0.154. The van der Waals surface area contributed by atoms with Crippen LogP contribution in [0.1, 0.15) is 24.4 Å². The minimum absolute atomic E-state index is 0.157. The van der Waals surface area contributed by atoms with Gasteiger partial charge in [0, 0.05) is 38.8 Å². The van der Waals surface area contributed by atoms with Crippen molar-refractivity contribution in [3.8, 4) is 5.75 Å². The predicted octanol–water partition coefficient (Wildman–Crippen LogP) is 1.55. The molecule has 0 unspecified atom stereocenters. The molecule has 0 spiro atoms. The Bertz CT molecular complexity index is 422. The van der Waals surface area contributed by atoms with Crippen LogP contribution in [0.2, 0.25) is 0 Å². The van der Waals surface area contributed by atoms with Gasteiger partial charge in [0.25, 0.3) is 0 Å². The summed E-state index contributed by atoms with van der Waals surface area (Å²) in [5.41, 5.74) is 0.957. The van der Waals surface area contributed by atoms with Crippen LogP contribution in [0.4, 0.5) is 4.39 Å². The van der Waals surface area contributed by atoms with Gasteiger partial charge in [-0.05, 0) is 30.5 Å². The highest BCUT2D eigenvalue weighted by Gasteiger charge is 2.22. The van der Waals surface area contributed by atoms with E-state index in [-0.39, 0.29) is 24.2 Å². The Labute approximate surface area is 119 Å². The second-order valence-electron chi connectivity index (χ2n) is 5.06. The van der Waals surface area contributed by atoms with E-state index in [1.54, 1.807) is 12.1 Å². The van der Waals surface area contributed by atoms with Crippen molar-refractivity contribution in [2.24, 2.45) is 0 Å². The van der Waals surface area contributed by atoms with E-state index in [0.29, 0.717) is 0 Å². The molecule has 1 atom stereocenters. The lowest BCUT2D eigenvalue weighted by Gasteiger charge is -2.35. The van der Waals surface area contributed by atoms with Gasteiger partial charge in [0.1, 0.15) is 0 Å². The highest BCUT2D eigenvalue weighted by molar-refractivity contribution is 5.31. The molecule has 4 nitrogen and oxygen atoms in total. The van der Waals surface area contributed by atoms with Crippen molar-refractivity contribution in [2.45, 2.75) is 18.9 Å². The van der Waals surface area contributed by atoms with E-state index in [0.717, 1.165) is 44.6 Å². The first-order valence-electron chi connectivity index (χ1n) is 7.15. The highest BCUT2D eigenvalue weighted by Crippen LogP contribution is 2.29. The maximum atomic E-state index is 13.9. The second kappa shape index (κ2) is 7.57. The first kappa shape index (κ1) is 15.2. The van der Waals surface area contributed by atoms with Crippen LogP contribution in [0.5, 0.6) is 5.75 Å². The maximum Gasteiger partial charge on any atom is 0.165 e. The zero-order chi connectivity index (χ0) is 14.4. The zero-order valence-corrected chi connectivity index (χ0v) is 11.9. The number of hydrogen-bond donors (Lipinski definition) is 2. The van der Waals surface area contributed by atoms with E-state index >= 15 is 0 Å². The number of aliphatic hydroxyl groups is 1. The number of nitrogens with one attached hydrogen (secondary N) is 1. The molecule has 0 aliphatic carbocycles. The van der Waals surface area contributed by atoms with Crippen LogP contribution < -0.4 is 10.1 Å². The number of aliphatic hydroxyl groups excluding tert-OH is 1. The van der Waals surface area contributed by atoms with Crippen LogP contribution in [0.3, 0.4) is 0 Å². The average molecular weight is 282 g/mol. The molecule has 0 saturated carbocycles. The Kier molecular flexibility index (Phi) is 5.76. The van der Waals surface area contributed by atoms with Gasteiger partial charge in [-0.3, -0.25) is 4.90 Å². The van der Waals surface area contributed by atoms with Gasteiger partial charge in [0.15, 0.2) is 11.6 Å². The number of rotatable bonds is 6. The molecule has 0 amide bonds. The van der Waals surface area contributed by atoms with Crippen molar-refractivity contribution in [3.63, 3.8) is 0 Å². The molecule has 1 fully saturated rings. The third-order valence-electron chi connectivity index (χ3n) is 3.79. The van der Waals surface area contributed by atoms with Crippen molar-refractivity contribution in [2.75, 3.05) is 39.9 Å². The fourth-order valence-corrected chi connectivity index (χ4v) is 2.73. The summed E-state index contributed by atoms with van der Waals surface area (Å²) in [5, 5.41) is 12.4. The molecule has 1 aliphatic rings. The Hall–Kier alpha value is -1.17. The quantitative estimate of drug-likeness (QED) is 0.831. The van der Waals surface area contributed by atoms with Gasteiger partial charge < -0.3 is 15.2 Å². The summed E-state index contributed by atoms with van der Waals surface area (Å²) in [4.78, 5) is 2.35. The van der Waals surface area contributed by atoms with E-state index in [2.05, 4.69) is 10.2 Å². The largest absolute Gasteiger partial charge is 0.494 e. The number of nitrogens with zero attached hydrogens (tertiary/aromatic N) is 1. The molecule has 0 aromatic heterocycles. The summed E-state index contributed by atoms with van der Waals surface area (Å²) in [6.07, 6.45) is 1.56. The predicted molar refractivity (Wildman–Crippen MR) is 76.5 cm³/mol. The molecule has 1 aromatic rings. The van der Waals surface area contributed by atoms with Crippen LogP contribution in [0.25, 0.3) is 0 Å². The number of halogens is 1. The first-order valence-corrected chi connectivity index (χ1v) is 7.15. The minimum atomic E-state index is -0.325. The fourth-order valence-electron chi connectivity index (χ4n) is 2.73. The summed E-state index contributed by atoms with van der Waals surface area (Å²) >= 11 is 0. The molecule has 20 heavy (non-hydrogen) atoms. The lowest BCUT2D eigenvalue weighted by atomic mass is 9.99. The van der Waals surface area contributed by atoms with Crippen molar-refractivity contribution >= 4 is 0 Å². The van der Waals surface area contributed by atoms with Gasteiger partial charge in [-0.2, -0.15) is 0 Å². The van der Waals surface area contributed by atoms with E-state index in [1.165, 1.54) is 7.11 Å². The van der Waals surface area contributed by atoms with Crippen LogP contribution in [-0.2, 0) is 0 Å². The molecule has 112 valence electrons. The maximum absolute atomic E-state index is 13.9. The highest BCUT2D eigenvalue weighted by atomic mass is 19.1. The number of methoxy groups -OCH3 is 1. The lowest BCUT2D eigenvalue weighted by Crippen LogP contribution is -2.45. The average Bonchev–Trinajstić information content (AvgIpc) is 2.49. The Morgan fingerprint density at radius 2 is 2.15 bits per heavy atom. The SMILES string of the molecule is COc1ccc([C@H](CCCO)N2CCNCC2)cc1F. The zero-order valence-electron chi connectivity index (χ0n) is 11.9. The number of piperazine rings is 1. The van der Waals surface area contributed by atoms with E-state index in [1.807, 2.05) is 6.07 Å². The van der Waals surface area contributed by atoms with Gasteiger partial charge in [-0.25, -0.2) is 4.39 Å². The third-order valence-corrected chi connectivity index (χ3v) is 3.79. The molecule has 0 radical (unpaired) electrons. The number of ether oxygens (including phenoxy) is 1. The van der Waals surface area contributed by atoms with Crippen LogP contribution >= 0.6 is 0 Å². The normalized spacial score (nSPS) is 17.9. The molecule has 2 rings (SSSR count). The Morgan fingerprint density at radius 1 is 1.40 bits per heavy atom. The molecular weight excluding hydrogens is 259 g/mol. The van der Waals surface area contributed by atoms with Crippen molar-refractivity contribution in [1.82, 2.24) is 10.2 Å². The molecule has 1 aliphatic heterocycles. The summed E-state index contributed by atoms with van der Waals surface area (Å²) in [6.45, 7) is 3.97. The summed E-state index contributed by atoms with van der Waals surface area (Å²) in [7, 11) is 1.47. The second-order valence-corrected chi connectivity index (χ2v) is 5.06. The third kappa shape index (κ3) is 3.69. The fraction of sp³-hybridized carbons (Fsp3) is 0.600. The van der Waals surface area contributed by atoms with E-state index < -0.39 is 0 Å². The monoisotopic (exact) mass is 282 g/mol. The summed E-state index contributed by atoms with van der Waals surface area (Å²) in [6, 6.07) is 5.32. The van der Waals surface area contributed by atoms with Crippen LogP contribution in [0, 0.1) is 5.82 Å². The van der Waals surface area contributed by atoms with Gasteiger partial charge in [0.05, 0.1) is 7.11 Å². The molecule has 5 heteroatoms. The van der Waals surface area contributed by atoms with Crippen molar-refractivity contribution < 1.29 is 14.2 Å². The molecule has 1 heterocycles. The summed E-state index contributed by atoms with van der Waals surface area (Å²) < 4.78 is 18.9.